The molecule has 3 amide bonds. The van der Waals surface area contributed by atoms with Crippen LogP contribution in [0.1, 0.15) is 118 Å². The number of Topliss-reactive ketones (excluding diaryl/α,β-unsaturated/α-hetero) is 1. The van der Waals surface area contributed by atoms with Crippen molar-refractivity contribution in [3.63, 3.8) is 0 Å². The quantitative estimate of drug-likeness (QED) is 0.0961. The molecule has 0 bridgehead atoms. The Balaban J connectivity index is 1.78. The highest BCUT2D eigenvalue weighted by molar-refractivity contribution is 5.90. The van der Waals surface area contributed by atoms with E-state index < -0.39 is 59.8 Å². The number of amides is 3. The molecular weight excluding hydrogens is 865 g/mol. The van der Waals surface area contributed by atoms with Gasteiger partial charge in [-0.1, -0.05) is 109 Å². The third-order valence-electron chi connectivity index (χ3n) is 13.5. The molecule has 380 valence electrons. The Morgan fingerprint density at radius 1 is 0.824 bits per heavy atom. The van der Waals surface area contributed by atoms with E-state index in [0.29, 0.717) is 32.4 Å². The molecule has 0 aliphatic carbocycles. The fourth-order valence-corrected chi connectivity index (χ4v) is 9.90. The molecule has 68 heavy (non-hydrogen) atoms. The van der Waals surface area contributed by atoms with Gasteiger partial charge >= 0.3 is 11.9 Å². The number of hydrogen-bond acceptors (Lipinski definition) is 11. The van der Waals surface area contributed by atoms with Crippen molar-refractivity contribution in [3.05, 3.63) is 71.3 Å². The predicted molar refractivity (Wildman–Crippen MR) is 264 cm³/mol. The Bertz CT molecular complexity index is 1950. The van der Waals surface area contributed by atoms with Gasteiger partial charge in [0.05, 0.1) is 56.2 Å². The van der Waals surface area contributed by atoms with E-state index in [1.807, 2.05) is 129 Å². The highest BCUT2D eigenvalue weighted by Gasteiger charge is 2.44. The zero-order chi connectivity index (χ0) is 51.0. The summed E-state index contributed by atoms with van der Waals surface area (Å²) in [6.07, 6.45) is 1.14. The third-order valence-corrected chi connectivity index (χ3v) is 13.5. The van der Waals surface area contributed by atoms with Gasteiger partial charge in [-0.05, 0) is 75.1 Å². The van der Waals surface area contributed by atoms with Crippen molar-refractivity contribution in [2.24, 2.45) is 29.6 Å². The lowest BCUT2D eigenvalue weighted by Gasteiger charge is -2.41. The number of carbonyl (C=O) groups excluding carboxylic acids is 6. The van der Waals surface area contributed by atoms with Crippen LogP contribution >= 0.6 is 0 Å². The van der Waals surface area contributed by atoms with E-state index in [-0.39, 0.29) is 72.9 Å². The summed E-state index contributed by atoms with van der Waals surface area (Å²) in [6.45, 7) is 20.2. The SMILES string of the molecule is CC[C@H](C)[C@@H]([C@@H](CC(=O)N1CCCC1[C@H](OC)[C@@H](C)C(=O)N[C@@H](Cc1ccccc1)C(=O)OC)OC)N(C)C(=O)[C@@H](CC(=O)[C@H](C(C)C)N(C)Cc1cccc(CC(=O)OC(C)(C)C)c1)C(C)C. The van der Waals surface area contributed by atoms with Crippen molar-refractivity contribution >= 4 is 35.4 Å². The van der Waals surface area contributed by atoms with Crippen molar-refractivity contribution in [1.29, 1.82) is 0 Å². The highest BCUT2D eigenvalue weighted by Crippen LogP contribution is 2.31. The molecule has 1 aliphatic heterocycles. The number of likely N-dealkylation sites (tertiary alicyclic amines) is 1. The second kappa shape index (κ2) is 26.9. The molecule has 0 spiro atoms. The van der Waals surface area contributed by atoms with Crippen molar-refractivity contribution < 1.29 is 47.7 Å². The summed E-state index contributed by atoms with van der Waals surface area (Å²) >= 11 is 0. The van der Waals surface area contributed by atoms with E-state index in [4.69, 9.17) is 18.9 Å². The van der Waals surface area contributed by atoms with Crippen LogP contribution in [0.5, 0.6) is 0 Å². The molecular formula is C54H84N4O10. The first-order chi connectivity index (χ1) is 32.0. The first-order valence-electron chi connectivity index (χ1n) is 24.5. The number of likely N-dealkylation sites (N-methyl/N-ethyl adjacent to an activating group) is 2. The lowest BCUT2D eigenvalue weighted by atomic mass is 9.83. The fourth-order valence-electron chi connectivity index (χ4n) is 9.90. The van der Waals surface area contributed by atoms with Crippen LogP contribution in [0.25, 0.3) is 0 Å². The molecule has 3 rings (SSSR count). The molecule has 9 atom stereocenters. The second-order valence-corrected chi connectivity index (χ2v) is 20.6. The summed E-state index contributed by atoms with van der Waals surface area (Å²) in [6, 6.07) is 14.9. The molecule has 1 N–H and O–H groups in total. The summed E-state index contributed by atoms with van der Waals surface area (Å²) in [4.78, 5) is 88.3. The van der Waals surface area contributed by atoms with Crippen LogP contribution in [0.4, 0.5) is 0 Å². The number of rotatable bonds is 26. The molecule has 1 fully saturated rings. The van der Waals surface area contributed by atoms with E-state index in [1.165, 1.54) is 14.2 Å². The summed E-state index contributed by atoms with van der Waals surface area (Å²) < 4.78 is 22.7. The summed E-state index contributed by atoms with van der Waals surface area (Å²) in [5.41, 5.74) is 2.08. The third kappa shape index (κ3) is 16.5. The number of ether oxygens (including phenoxy) is 4. The van der Waals surface area contributed by atoms with Gasteiger partial charge in [-0.2, -0.15) is 0 Å². The van der Waals surface area contributed by atoms with Crippen LogP contribution in [0, 0.1) is 29.6 Å². The van der Waals surface area contributed by atoms with Gasteiger partial charge in [0.15, 0.2) is 5.78 Å². The van der Waals surface area contributed by atoms with E-state index in [1.54, 1.807) is 30.9 Å². The molecule has 0 radical (unpaired) electrons. The van der Waals surface area contributed by atoms with E-state index in [2.05, 4.69) is 5.32 Å². The number of methoxy groups -OCH3 is 3. The van der Waals surface area contributed by atoms with Gasteiger partial charge < -0.3 is 34.1 Å². The first kappa shape index (κ1) is 57.7. The molecule has 1 unspecified atom stereocenters. The number of hydrogen-bond donors (Lipinski definition) is 1. The maximum absolute atomic E-state index is 14.8. The lowest BCUT2D eigenvalue weighted by molar-refractivity contribution is -0.154. The zero-order valence-electron chi connectivity index (χ0n) is 43.8. The van der Waals surface area contributed by atoms with Gasteiger partial charge in [-0.3, -0.25) is 28.9 Å². The molecule has 1 aliphatic rings. The summed E-state index contributed by atoms with van der Waals surface area (Å²) in [5, 5.41) is 2.87. The first-order valence-corrected chi connectivity index (χ1v) is 24.5. The van der Waals surface area contributed by atoms with Crippen LogP contribution in [0.3, 0.4) is 0 Å². The zero-order valence-corrected chi connectivity index (χ0v) is 43.8. The minimum absolute atomic E-state index is 0.0113. The van der Waals surface area contributed by atoms with Gasteiger partial charge in [0, 0.05) is 53.1 Å². The molecule has 2 aromatic rings. The Morgan fingerprint density at radius 2 is 1.46 bits per heavy atom. The maximum Gasteiger partial charge on any atom is 0.328 e. The van der Waals surface area contributed by atoms with Crippen LogP contribution in [-0.2, 0) is 67.1 Å². The minimum atomic E-state index is -0.907. The number of esters is 2. The largest absolute Gasteiger partial charge is 0.467 e. The lowest BCUT2D eigenvalue weighted by Crippen LogP contribution is -2.55. The van der Waals surface area contributed by atoms with Crippen LogP contribution in [0.2, 0.25) is 0 Å². The van der Waals surface area contributed by atoms with Crippen molar-refractivity contribution in [1.82, 2.24) is 20.0 Å². The second-order valence-electron chi connectivity index (χ2n) is 20.6. The van der Waals surface area contributed by atoms with Crippen LogP contribution in [-0.4, -0.2) is 134 Å². The number of nitrogens with zero attached hydrogens (tertiary/aromatic N) is 3. The smallest absolute Gasteiger partial charge is 0.328 e. The standard InChI is InChI=1S/C54H84N4O10/c1-16-36(6)49(45(65-13)32-46(60)58-27-21-26-43(58)50(66-14)37(7)51(62)55-42(53(64)67-15)29-38-22-18-17-19-23-38)57(12)52(63)41(34(2)3)31-44(59)48(35(4)5)56(11)33-40-25-20-24-39(28-40)30-47(61)68-54(8,9)10/h17-20,22-25,28,34-37,41-43,45,48-50H,16,21,26-27,29-33H2,1-15H3,(H,55,62)/t36-,37+,41-,42-,43?,45+,48-,49-,50+/m0/s1. The molecule has 14 heteroatoms. The predicted octanol–water partition coefficient (Wildman–Crippen LogP) is 7.08. The average molecular weight is 949 g/mol. The number of nitrogens with one attached hydrogen (secondary N) is 1. The maximum atomic E-state index is 14.8. The van der Waals surface area contributed by atoms with Gasteiger partial charge in [-0.15, -0.1) is 0 Å². The molecule has 14 nitrogen and oxygen atoms in total. The topological polar surface area (TPSA) is 161 Å². The van der Waals surface area contributed by atoms with Crippen LogP contribution in [0.15, 0.2) is 54.6 Å². The monoisotopic (exact) mass is 949 g/mol. The highest BCUT2D eigenvalue weighted by atomic mass is 16.6. The van der Waals surface area contributed by atoms with Gasteiger partial charge in [0.1, 0.15) is 11.6 Å². The number of carbonyl (C=O) groups is 6. The van der Waals surface area contributed by atoms with E-state index >= 15 is 0 Å². The summed E-state index contributed by atoms with van der Waals surface area (Å²) in [7, 11) is 8.05. The molecule has 1 saturated heterocycles. The van der Waals surface area contributed by atoms with E-state index in [0.717, 1.165) is 16.7 Å². The molecule has 1 heterocycles. The normalized spacial score (nSPS) is 17.7. The Labute approximate surface area is 407 Å². The number of ketones is 1. The van der Waals surface area contributed by atoms with E-state index in [9.17, 15) is 28.8 Å². The van der Waals surface area contributed by atoms with Gasteiger partial charge in [0.25, 0.3) is 0 Å². The fraction of sp³-hybridized carbons (Fsp3) is 0.667. The van der Waals surface area contributed by atoms with Gasteiger partial charge in [-0.25, -0.2) is 4.79 Å². The summed E-state index contributed by atoms with van der Waals surface area (Å²) in [5.74, 6) is -3.23. The Hall–Kier alpha value is -4.66. The average Bonchev–Trinajstić information content (AvgIpc) is 3.76. The van der Waals surface area contributed by atoms with Crippen LogP contribution < -0.4 is 5.32 Å². The van der Waals surface area contributed by atoms with Gasteiger partial charge in [0.2, 0.25) is 17.7 Å². The van der Waals surface area contributed by atoms with Crippen molar-refractivity contribution in [2.75, 3.05) is 42.0 Å². The minimum Gasteiger partial charge on any atom is -0.467 e. The Morgan fingerprint density at radius 3 is 2.01 bits per heavy atom. The molecule has 0 saturated carbocycles. The Kier molecular flexibility index (Phi) is 22.8. The molecule has 2 aromatic carbocycles. The van der Waals surface area contributed by atoms with Crippen molar-refractivity contribution in [2.45, 2.75) is 163 Å². The van der Waals surface area contributed by atoms with Crippen molar-refractivity contribution in [3.8, 4) is 0 Å². The molecule has 0 aromatic heterocycles. The number of benzene rings is 2.